The first-order valence-electron chi connectivity index (χ1n) is 12.9. The van der Waals surface area contributed by atoms with E-state index in [4.69, 9.17) is 27.2 Å². The van der Waals surface area contributed by atoms with Gasteiger partial charge in [-0.15, -0.1) is 0 Å². The summed E-state index contributed by atoms with van der Waals surface area (Å²) in [5, 5.41) is 19.1. The number of hydrogen-bond donors (Lipinski definition) is 3. The zero-order valence-electron chi connectivity index (χ0n) is 22.9. The largest absolute Gasteiger partial charge is 0.481 e. The molecular weight excluding hydrogens is 566 g/mol. The first-order valence-corrected chi connectivity index (χ1v) is 14.1. The number of para-hydroxylation sites is 1. The second kappa shape index (κ2) is 14.0. The molecule has 2 aliphatic rings. The molecule has 216 valence electrons. The fourth-order valence-corrected chi connectivity index (χ4v) is 5.71. The third-order valence-corrected chi connectivity index (χ3v) is 7.69. The van der Waals surface area contributed by atoms with E-state index in [9.17, 15) is 19.2 Å². The van der Waals surface area contributed by atoms with Crippen molar-refractivity contribution in [3.8, 4) is 0 Å². The van der Waals surface area contributed by atoms with Crippen molar-refractivity contribution in [1.29, 1.82) is 0 Å². The highest BCUT2D eigenvalue weighted by Gasteiger charge is 2.42. The summed E-state index contributed by atoms with van der Waals surface area (Å²) in [5.41, 5.74) is 4.02. The molecule has 10 nitrogen and oxygen atoms in total. The van der Waals surface area contributed by atoms with Gasteiger partial charge < -0.3 is 15.5 Å². The molecule has 0 aliphatic carbocycles. The first-order chi connectivity index (χ1) is 19.4. The van der Waals surface area contributed by atoms with Crippen LogP contribution in [0.4, 0.5) is 11.4 Å². The Bertz CT molecular complexity index is 1430. The summed E-state index contributed by atoms with van der Waals surface area (Å²) in [5.74, 6) is -2.78. The lowest BCUT2D eigenvalue weighted by atomic mass is 10.1. The van der Waals surface area contributed by atoms with E-state index in [1.54, 1.807) is 24.3 Å². The van der Waals surface area contributed by atoms with Crippen molar-refractivity contribution in [2.24, 2.45) is 0 Å². The number of amides is 3. The predicted octanol–water partition coefficient (Wildman–Crippen LogP) is 4.60. The molecule has 3 amide bonds. The van der Waals surface area contributed by atoms with Crippen LogP contribution in [0.15, 0.2) is 47.4 Å². The Hall–Kier alpha value is -4.03. The number of carbonyl (C=O) groups is 5. The lowest BCUT2D eigenvalue weighted by Gasteiger charge is -2.17. The van der Waals surface area contributed by atoms with Crippen molar-refractivity contribution in [3.63, 3.8) is 0 Å². The average Bonchev–Trinajstić information content (AvgIpc) is 3.32. The number of hydrogen-bond acceptors (Lipinski definition) is 7. The molecule has 2 aliphatic heterocycles. The topological polar surface area (TPSA) is 144 Å². The van der Waals surface area contributed by atoms with Gasteiger partial charge in [-0.2, -0.15) is 0 Å². The van der Waals surface area contributed by atoms with E-state index in [-0.39, 0.29) is 35.3 Å². The van der Waals surface area contributed by atoms with Crippen molar-refractivity contribution in [2.45, 2.75) is 46.5 Å². The average molecular weight is 598 g/mol. The highest BCUT2D eigenvalue weighted by atomic mass is 32.2. The number of rotatable bonds is 9. The Morgan fingerprint density at radius 2 is 1.63 bits per heavy atom. The molecule has 4 rings (SSSR count). The molecule has 0 atom stereocenters. The molecule has 2 heterocycles. The second-order valence-corrected chi connectivity index (χ2v) is 11.2. The van der Waals surface area contributed by atoms with Gasteiger partial charge in [0.1, 0.15) is 10.9 Å². The van der Waals surface area contributed by atoms with Gasteiger partial charge in [0.05, 0.1) is 16.2 Å². The van der Waals surface area contributed by atoms with E-state index in [2.05, 4.69) is 5.32 Å². The second-order valence-electron chi connectivity index (χ2n) is 9.53. The number of thioether (sulfide) groups is 1. The monoisotopic (exact) mass is 597 g/mol. The van der Waals surface area contributed by atoms with Crippen LogP contribution >= 0.6 is 24.0 Å². The number of nitrogens with zero attached hydrogens (tertiary/aromatic N) is 2. The number of nitrogens with one attached hydrogen (secondary N) is 1. The number of fused-ring (bicyclic) bond motifs is 1. The summed E-state index contributed by atoms with van der Waals surface area (Å²) >= 11 is 6.52. The highest BCUT2D eigenvalue weighted by Crippen LogP contribution is 2.44. The summed E-state index contributed by atoms with van der Waals surface area (Å²) in [6, 6.07) is 12.9. The Morgan fingerprint density at radius 1 is 0.951 bits per heavy atom. The summed E-state index contributed by atoms with van der Waals surface area (Å²) in [4.78, 5) is 62.6. The van der Waals surface area contributed by atoms with Crippen molar-refractivity contribution in [2.75, 3.05) is 23.3 Å². The van der Waals surface area contributed by atoms with Crippen molar-refractivity contribution >= 4 is 74.9 Å². The molecule has 12 heteroatoms. The maximum atomic E-state index is 13.6. The van der Waals surface area contributed by atoms with E-state index in [1.165, 1.54) is 9.80 Å². The maximum Gasteiger partial charge on any atom is 0.303 e. The van der Waals surface area contributed by atoms with E-state index >= 15 is 0 Å². The minimum absolute atomic E-state index is 0.0839. The van der Waals surface area contributed by atoms with E-state index in [0.29, 0.717) is 47.1 Å². The van der Waals surface area contributed by atoms with Crippen LogP contribution < -0.4 is 10.2 Å². The molecule has 3 N–H and O–H groups in total. The Labute approximate surface area is 247 Å². The van der Waals surface area contributed by atoms with Crippen molar-refractivity contribution in [3.05, 3.63) is 64.1 Å². The molecule has 0 saturated carbocycles. The van der Waals surface area contributed by atoms with Crippen molar-refractivity contribution in [1.82, 2.24) is 4.90 Å². The number of benzene rings is 2. The molecule has 1 fully saturated rings. The Balaban J connectivity index is 0.00000108. The van der Waals surface area contributed by atoms with Crippen molar-refractivity contribution < 1.29 is 34.2 Å². The third-order valence-electron chi connectivity index (χ3n) is 6.24. The Morgan fingerprint density at radius 3 is 2.32 bits per heavy atom. The molecule has 2 aromatic carbocycles. The van der Waals surface area contributed by atoms with Gasteiger partial charge in [-0.05, 0) is 49.9 Å². The summed E-state index contributed by atoms with van der Waals surface area (Å²) < 4.78 is 0.363. The van der Waals surface area contributed by atoms with Gasteiger partial charge in [-0.3, -0.25) is 33.8 Å². The van der Waals surface area contributed by atoms with Gasteiger partial charge in [-0.25, -0.2) is 0 Å². The van der Waals surface area contributed by atoms with Crippen LogP contribution in [-0.2, 0) is 24.0 Å². The van der Waals surface area contributed by atoms with Gasteiger partial charge in [0.25, 0.3) is 17.8 Å². The van der Waals surface area contributed by atoms with Crippen LogP contribution in [0.5, 0.6) is 0 Å². The van der Waals surface area contributed by atoms with Crippen LogP contribution in [0, 0.1) is 13.8 Å². The molecule has 0 unspecified atom stereocenters. The number of aryl methyl sites for hydroxylation is 2. The lowest BCUT2D eigenvalue weighted by Crippen LogP contribution is -2.35. The normalized spacial score (nSPS) is 15.9. The smallest absolute Gasteiger partial charge is 0.303 e. The molecule has 41 heavy (non-hydrogen) atoms. The standard InChI is InChI=1S/C27H27N3O5S2.C2H4O2/c1-16-11-12-17(2)19(14-16)28-21(31)15-30-20-9-6-5-8-18(20)23(25(30)34)24-26(35)29(27(36)37-24)13-7-3-4-10-22(32)33;1-2(3)4/h5-6,8-9,11-12,14H,3-4,7,10,13,15H2,1-2H3,(H,28,31)(H,32,33);1H3,(H,3,4)/b24-23+;. The zero-order valence-corrected chi connectivity index (χ0v) is 24.6. The number of carboxylic acids is 2. The summed E-state index contributed by atoms with van der Waals surface area (Å²) in [6.45, 7) is 5.08. The van der Waals surface area contributed by atoms with Crippen LogP contribution in [0.3, 0.4) is 0 Å². The number of thiocarbonyl (C=S) groups is 1. The quantitative estimate of drug-likeness (QED) is 0.215. The van der Waals surface area contributed by atoms with Crippen LogP contribution in [0.1, 0.15) is 49.3 Å². The summed E-state index contributed by atoms with van der Waals surface area (Å²) in [7, 11) is 0. The van der Waals surface area contributed by atoms with Gasteiger partial charge in [0, 0.05) is 31.1 Å². The van der Waals surface area contributed by atoms with Crippen LogP contribution in [0.2, 0.25) is 0 Å². The molecule has 0 spiro atoms. The SMILES string of the molecule is CC(=O)O.Cc1ccc(C)c(NC(=O)CN2C(=O)/C(=C3/SC(=S)N(CCCCCC(=O)O)C3=O)c3ccccc32)c1. The fraction of sp³-hybridized carbons (Fsp3) is 0.310. The summed E-state index contributed by atoms with van der Waals surface area (Å²) in [6.07, 6.45) is 1.87. The van der Waals surface area contributed by atoms with Gasteiger partial charge >= 0.3 is 5.97 Å². The number of aliphatic carboxylic acids is 2. The predicted molar refractivity (Wildman–Crippen MR) is 162 cm³/mol. The minimum atomic E-state index is -0.846. The van der Waals surface area contributed by atoms with E-state index < -0.39 is 17.8 Å². The molecule has 0 aromatic heterocycles. The van der Waals surface area contributed by atoms with Gasteiger partial charge in [0.15, 0.2) is 0 Å². The number of carbonyl (C=O) groups excluding carboxylic acids is 3. The zero-order chi connectivity index (χ0) is 30.3. The number of unbranched alkanes of at least 4 members (excludes halogenated alkanes) is 2. The van der Waals surface area contributed by atoms with E-state index in [0.717, 1.165) is 29.8 Å². The lowest BCUT2D eigenvalue weighted by molar-refractivity contribution is -0.137. The number of carboxylic acid groups (broad SMARTS) is 2. The third kappa shape index (κ3) is 8.01. The fourth-order valence-electron chi connectivity index (χ4n) is 4.33. The van der Waals surface area contributed by atoms with E-state index in [1.807, 2.05) is 32.0 Å². The molecule has 1 saturated heterocycles. The molecule has 0 radical (unpaired) electrons. The minimum Gasteiger partial charge on any atom is -0.481 e. The molecule has 2 aromatic rings. The Kier molecular flexibility index (Phi) is 10.8. The number of anilines is 2. The van der Waals surface area contributed by atoms with Gasteiger partial charge in [0.2, 0.25) is 5.91 Å². The van der Waals surface area contributed by atoms with Crippen LogP contribution in [-0.4, -0.2) is 62.2 Å². The maximum absolute atomic E-state index is 13.6. The highest BCUT2D eigenvalue weighted by molar-refractivity contribution is 8.26. The van der Waals surface area contributed by atoms with Crippen LogP contribution in [0.25, 0.3) is 5.57 Å². The molecular formula is C29H31N3O7S2. The first kappa shape index (κ1) is 31.5. The van der Waals surface area contributed by atoms with Gasteiger partial charge in [-0.1, -0.05) is 60.7 Å². The molecule has 0 bridgehead atoms.